The van der Waals surface area contributed by atoms with Crippen molar-refractivity contribution in [3.63, 3.8) is 0 Å². The SMILES string of the molecule is CN(/N=C\c1ccc(OP=S)cc1)[P+](=S)Oc1ccc(C(O)[P+]([O-])(O)O)cc1.[Na+]. The van der Waals surface area contributed by atoms with E-state index in [1.165, 1.54) is 29.0 Å². The van der Waals surface area contributed by atoms with Gasteiger partial charge in [-0.15, -0.1) is 5.10 Å². The Morgan fingerprint density at radius 1 is 1.17 bits per heavy atom. The fraction of sp³-hybridized carbons (Fsp3) is 0.133. The molecule has 14 heteroatoms. The summed E-state index contributed by atoms with van der Waals surface area (Å²) in [6.45, 7) is 0. The maximum atomic E-state index is 11.1. The van der Waals surface area contributed by atoms with E-state index in [1.807, 2.05) is 12.1 Å². The van der Waals surface area contributed by atoms with Crippen LogP contribution in [0.5, 0.6) is 11.5 Å². The van der Waals surface area contributed by atoms with Crippen LogP contribution in [0, 0.1) is 0 Å². The van der Waals surface area contributed by atoms with Crippen molar-refractivity contribution in [1.82, 2.24) is 4.78 Å². The number of hydrazone groups is 1. The predicted molar refractivity (Wildman–Crippen MR) is 114 cm³/mol. The van der Waals surface area contributed by atoms with Crippen molar-refractivity contribution in [2.45, 2.75) is 5.85 Å². The number of benzene rings is 2. The first kappa shape index (κ1) is 26.9. The van der Waals surface area contributed by atoms with Crippen LogP contribution in [0.3, 0.4) is 0 Å². The Bertz CT molecular complexity index is 853. The smallest absolute Gasteiger partial charge is 0.629 e. The van der Waals surface area contributed by atoms with Crippen LogP contribution in [-0.2, 0) is 23.6 Å². The summed E-state index contributed by atoms with van der Waals surface area (Å²) in [4.78, 5) is 29.1. The summed E-state index contributed by atoms with van der Waals surface area (Å²) in [6, 6.07) is 12.9. The van der Waals surface area contributed by atoms with Gasteiger partial charge in [-0.25, -0.2) is 9.79 Å². The second kappa shape index (κ2) is 12.6. The molecule has 0 spiro atoms. The molecule has 148 valence electrons. The zero-order valence-electron chi connectivity index (χ0n) is 15.4. The Morgan fingerprint density at radius 3 is 2.24 bits per heavy atom. The van der Waals surface area contributed by atoms with E-state index in [2.05, 4.69) is 5.10 Å². The molecule has 3 N–H and O–H groups in total. The van der Waals surface area contributed by atoms with Gasteiger partial charge >= 0.3 is 36.6 Å². The fourth-order valence-corrected chi connectivity index (χ4v) is 3.86. The molecule has 0 saturated carbocycles. The number of rotatable bonds is 9. The minimum absolute atomic E-state index is 0. The molecule has 0 radical (unpaired) electrons. The van der Waals surface area contributed by atoms with Gasteiger partial charge in [0.2, 0.25) is 25.2 Å². The number of nitrogens with zero attached hydrogens (tertiary/aromatic N) is 2. The van der Waals surface area contributed by atoms with E-state index in [1.54, 1.807) is 25.4 Å². The van der Waals surface area contributed by atoms with Crippen molar-refractivity contribution in [3.8, 4) is 11.5 Å². The van der Waals surface area contributed by atoms with Crippen LogP contribution in [-0.4, -0.2) is 32.9 Å². The minimum atomic E-state index is -4.63. The van der Waals surface area contributed by atoms with Crippen molar-refractivity contribution in [1.29, 1.82) is 0 Å². The minimum Gasteiger partial charge on any atom is -0.629 e. The molecule has 0 fully saturated rings. The first-order chi connectivity index (χ1) is 13.2. The molecule has 2 rings (SSSR count). The molecule has 0 saturated heterocycles. The Hall–Kier alpha value is -0.180. The molecule has 0 bridgehead atoms. The summed E-state index contributed by atoms with van der Waals surface area (Å²) in [6.07, 6.45) is 1.62. The zero-order chi connectivity index (χ0) is 20.7. The molecule has 2 aromatic rings. The van der Waals surface area contributed by atoms with Crippen LogP contribution < -0.4 is 43.5 Å². The number of aliphatic hydroxyl groups excluding tert-OH is 1. The van der Waals surface area contributed by atoms with Crippen molar-refractivity contribution in [2.75, 3.05) is 7.05 Å². The summed E-state index contributed by atoms with van der Waals surface area (Å²) in [5.74, 6) is -0.806. The molecule has 0 aliphatic carbocycles. The van der Waals surface area contributed by atoms with E-state index in [9.17, 15) is 10.00 Å². The number of aliphatic hydroxyl groups is 1. The van der Waals surface area contributed by atoms with Crippen LogP contribution in [0.25, 0.3) is 0 Å². The summed E-state index contributed by atoms with van der Waals surface area (Å²) in [5, 5.41) is 13.8. The summed E-state index contributed by atoms with van der Waals surface area (Å²) >= 11 is 10.0. The van der Waals surface area contributed by atoms with Crippen LogP contribution in [0.4, 0.5) is 0 Å². The monoisotopic (exact) mass is 500 g/mol. The predicted octanol–water partition coefficient (Wildman–Crippen LogP) is -0.391. The second-order valence-corrected chi connectivity index (χ2v) is 9.95. The van der Waals surface area contributed by atoms with Crippen LogP contribution in [0.2, 0.25) is 0 Å². The van der Waals surface area contributed by atoms with Gasteiger partial charge in [-0.2, -0.15) is 0 Å². The maximum Gasteiger partial charge on any atom is 1.00 e. The Kier molecular flexibility index (Phi) is 11.7. The number of hydrogen-bond acceptors (Lipinski definition) is 9. The molecule has 2 aromatic carbocycles. The van der Waals surface area contributed by atoms with Gasteiger partial charge in [0, 0.05) is 5.56 Å². The van der Waals surface area contributed by atoms with Gasteiger partial charge in [-0.05, 0) is 65.9 Å². The van der Waals surface area contributed by atoms with E-state index in [0.717, 1.165) is 5.56 Å². The molecule has 0 aliphatic heterocycles. The molecule has 29 heavy (non-hydrogen) atoms. The molecule has 8 nitrogen and oxygen atoms in total. The quantitative estimate of drug-likeness (QED) is 0.183. The van der Waals surface area contributed by atoms with Crippen LogP contribution >= 0.6 is 22.6 Å². The Morgan fingerprint density at radius 2 is 1.72 bits per heavy atom. The van der Waals surface area contributed by atoms with Gasteiger partial charge < -0.3 is 14.5 Å². The molecule has 0 aromatic heterocycles. The summed E-state index contributed by atoms with van der Waals surface area (Å²) < 4.78 is 12.3. The zero-order valence-corrected chi connectivity index (χ0v) is 21.7. The van der Waals surface area contributed by atoms with Gasteiger partial charge in [-0.3, -0.25) is 4.52 Å². The van der Waals surface area contributed by atoms with E-state index in [4.69, 9.17) is 42.4 Å². The normalized spacial score (nSPS) is 12.9. The Labute approximate surface area is 203 Å². The fourth-order valence-electron chi connectivity index (χ4n) is 1.89. The largest absolute Gasteiger partial charge is 1.00 e. The van der Waals surface area contributed by atoms with Crippen molar-refractivity contribution >= 4 is 52.4 Å². The van der Waals surface area contributed by atoms with Crippen LogP contribution in [0.15, 0.2) is 53.6 Å². The molecule has 0 heterocycles. The van der Waals surface area contributed by atoms with E-state index in [-0.39, 0.29) is 35.1 Å². The van der Waals surface area contributed by atoms with Gasteiger partial charge in [0.25, 0.3) is 7.94 Å². The van der Waals surface area contributed by atoms with Crippen molar-refractivity contribution < 1.29 is 58.4 Å². The van der Waals surface area contributed by atoms with Gasteiger partial charge in [0.1, 0.15) is 5.75 Å². The third kappa shape index (κ3) is 8.83. The van der Waals surface area contributed by atoms with Gasteiger partial charge in [0.05, 0.1) is 13.3 Å². The third-order valence-electron chi connectivity index (χ3n) is 3.31. The van der Waals surface area contributed by atoms with Gasteiger partial charge in [0.15, 0.2) is 5.75 Å². The van der Waals surface area contributed by atoms with Gasteiger partial charge in [-0.1, -0.05) is 4.78 Å². The number of hydrogen-bond donors (Lipinski definition) is 3. The first-order valence-electron chi connectivity index (χ1n) is 7.56. The van der Waals surface area contributed by atoms with E-state index >= 15 is 0 Å². The average molecular weight is 500 g/mol. The molecule has 0 amide bonds. The summed E-state index contributed by atoms with van der Waals surface area (Å²) in [7, 11) is -4.05. The average Bonchev–Trinajstić information content (AvgIpc) is 2.66. The van der Waals surface area contributed by atoms with E-state index in [0.29, 0.717) is 19.1 Å². The molecular formula is C15H16N2NaO6P3S2+2. The standard InChI is InChI=1S/C15H15N2O6P3S2.Na/c1-17(16-10-11-2-6-13(7-3-11)22-24-27)25(28)23-14-8-4-12(5-9-14)15(18)26(19,20)21;/h2-10,15,18H,1H3,(H-,19,20,21);/q;+1/p+1/b16-10-;. The molecule has 2 unspecified atom stereocenters. The second-order valence-electron chi connectivity index (χ2n) is 5.33. The van der Waals surface area contributed by atoms with E-state index < -0.39 is 20.9 Å². The maximum absolute atomic E-state index is 11.1. The van der Waals surface area contributed by atoms with Crippen molar-refractivity contribution in [3.05, 3.63) is 59.7 Å². The molecule has 0 aliphatic rings. The molecule has 2 atom stereocenters. The topological polar surface area (TPSA) is 118 Å². The molecular weight excluding hydrogens is 484 g/mol. The van der Waals surface area contributed by atoms with Crippen LogP contribution in [0.1, 0.15) is 17.0 Å². The summed E-state index contributed by atoms with van der Waals surface area (Å²) in [5.41, 5.74) is 0.929. The third-order valence-corrected chi connectivity index (χ3v) is 6.63. The first-order valence-corrected chi connectivity index (χ1v) is 13.3. The van der Waals surface area contributed by atoms with Crippen molar-refractivity contribution in [2.24, 2.45) is 5.10 Å². The Balaban J connectivity index is 0.00000420.